The predicted octanol–water partition coefficient (Wildman–Crippen LogP) is 1.54. The minimum Gasteiger partial charge on any atom is -0.330 e. The molecular formula is C14H19FN2O3S. The number of nitrogens with one attached hydrogen (secondary N) is 1. The Kier molecular flexibility index (Phi) is 4.63. The zero-order valence-corrected chi connectivity index (χ0v) is 12.6. The molecule has 2 rings (SSSR count). The third kappa shape index (κ3) is 3.59. The molecule has 2 unspecified atom stereocenters. The van der Waals surface area contributed by atoms with E-state index in [9.17, 15) is 17.6 Å². The molecule has 0 heterocycles. The van der Waals surface area contributed by atoms with Crippen LogP contribution in [0.1, 0.15) is 19.3 Å². The zero-order valence-electron chi connectivity index (χ0n) is 11.8. The molecule has 0 saturated heterocycles. The smallest absolute Gasteiger partial charge is 0.227 e. The lowest BCUT2D eigenvalue weighted by atomic mass is 9.95. The minimum atomic E-state index is -3.45. The summed E-state index contributed by atoms with van der Waals surface area (Å²) in [6, 6.07) is 3.37. The summed E-state index contributed by atoms with van der Waals surface area (Å²) in [5, 5.41) is 2.50. The van der Waals surface area contributed by atoms with Gasteiger partial charge in [-0.2, -0.15) is 0 Å². The molecule has 1 fully saturated rings. The molecule has 0 aliphatic heterocycles. The summed E-state index contributed by atoms with van der Waals surface area (Å²) in [6.45, 7) is 0.421. The first-order valence-corrected chi connectivity index (χ1v) is 8.72. The van der Waals surface area contributed by atoms with E-state index in [2.05, 4.69) is 5.32 Å². The highest BCUT2D eigenvalue weighted by Gasteiger charge is 2.32. The molecule has 0 aromatic heterocycles. The molecule has 0 bridgehead atoms. The molecule has 0 radical (unpaired) electrons. The Morgan fingerprint density at radius 2 is 2.14 bits per heavy atom. The molecular weight excluding hydrogens is 295 g/mol. The van der Waals surface area contributed by atoms with Gasteiger partial charge in [-0.25, -0.2) is 12.8 Å². The third-order valence-corrected chi connectivity index (χ3v) is 5.03. The van der Waals surface area contributed by atoms with Crippen molar-refractivity contribution in [1.82, 2.24) is 0 Å². The maximum absolute atomic E-state index is 13.7. The molecule has 1 aliphatic carbocycles. The number of carbonyl (C=O) groups excluding carboxylic acids is 1. The Bertz CT molecular complexity index is 646. The van der Waals surface area contributed by atoms with E-state index in [0.29, 0.717) is 6.54 Å². The number of nitrogens with two attached hydrogens (primary N) is 1. The van der Waals surface area contributed by atoms with Crippen LogP contribution in [0.15, 0.2) is 23.1 Å². The Morgan fingerprint density at radius 3 is 2.76 bits per heavy atom. The zero-order chi connectivity index (χ0) is 15.6. The summed E-state index contributed by atoms with van der Waals surface area (Å²) in [7, 11) is -3.45. The molecule has 1 amide bonds. The number of rotatable bonds is 4. The number of sulfone groups is 1. The fourth-order valence-corrected chi connectivity index (χ4v) is 3.37. The monoisotopic (exact) mass is 314 g/mol. The van der Waals surface area contributed by atoms with Gasteiger partial charge in [-0.15, -0.1) is 0 Å². The van der Waals surface area contributed by atoms with Crippen molar-refractivity contribution in [2.45, 2.75) is 24.2 Å². The molecule has 1 aliphatic rings. The average molecular weight is 314 g/mol. The SMILES string of the molecule is CS(=O)(=O)c1ccc(F)c(NC(=O)C2CCCC2CN)c1. The molecule has 2 atom stereocenters. The minimum absolute atomic E-state index is 0.0269. The number of hydrogen-bond donors (Lipinski definition) is 2. The van der Waals surface area contributed by atoms with E-state index in [0.717, 1.165) is 37.7 Å². The highest BCUT2D eigenvalue weighted by Crippen LogP contribution is 2.32. The Labute approximate surface area is 123 Å². The number of anilines is 1. The fraction of sp³-hybridized carbons (Fsp3) is 0.500. The van der Waals surface area contributed by atoms with Crippen molar-refractivity contribution >= 4 is 21.4 Å². The Morgan fingerprint density at radius 1 is 1.43 bits per heavy atom. The van der Waals surface area contributed by atoms with E-state index >= 15 is 0 Å². The topological polar surface area (TPSA) is 89.3 Å². The lowest BCUT2D eigenvalue weighted by molar-refractivity contribution is -0.120. The van der Waals surface area contributed by atoms with Gasteiger partial charge in [-0.3, -0.25) is 4.79 Å². The lowest BCUT2D eigenvalue weighted by Crippen LogP contribution is -2.30. The molecule has 1 aromatic rings. The molecule has 21 heavy (non-hydrogen) atoms. The van der Waals surface area contributed by atoms with Crippen LogP contribution in [0.25, 0.3) is 0 Å². The molecule has 7 heteroatoms. The van der Waals surface area contributed by atoms with Gasteiger partial charge in [-0.1, -0.05) is 6.42 Å². The molecule has 1 saturated carbocycles. The fourth-order valence-electron chi connectivity index (χ4n) is 2.72. The first-order valence-electron chi connectivity index (χ1n) is 6.83. The number of carbonyl (C=O) groups is 1. The van der Waals surface area contributed by atoms with E-state index in [1.807, 2.05) is 0 Å². The summed E-state index contributed by atoms with van der Waals surface area (Å²) < 4.78 is 36.7. The first-order chi connectivity index (χ1) is 9.82. The van der Waals surface area contributed by atoms with Crippen LogP contribution in [-0.2, 0) is 14.6 Å². The van der Waals surface area contributed by atoms with E-state index in [1.54, 1.807) is 0 Å². The van der Waals surface area contributed by atoms with Gasteiger partial charge in [0, 0.05) is 12.2 Å². The molecule has 1 aromatic carbocycles. The summed E-state index contributed by atoms with van der Waals surface area (Å²) in [4.78, 5) is 12.2. The van der Waals surface area contributed by atoms with Gasteiger partial charge in [0.2, 0.25) is 5.91 Å². The van der Waals surface area contributed by atoms with Gasteiger partial charge in [0.1, 0.15) is 5.82 Å². The van der Waals surface area contributed by atoms with Gasteiger partial charge >= 0.3 is 0 Å². The molecule has 0 spiro atoms. The second-order valence-electron chi connectivity index (χ2n) is 5.44. The van der Waals surface area contributed by atoms with Gasteiger partial charge in [0.05, 0.1) is 10.6 Å². The van der Waals surface area contributed by atoms with Crippen molar-refractivity contribution in [1.29, 1.82) is 0 Å². The van der Waals surface area contributed by atoms with Gasteiger partial charge in [0.25, 0.3) is 0 Å². The summed E-state index contributed by atoms with van der Waals surface area (Å²) in [6.07, 6.45) is 3.57. The van der Waals surface area contributed by atoms with Crippen LogP contribution >= 0.6 is 0 Å². The molecule has 3 N–H and O–H groups in total. The average Bonchev–Trinajstić information content (AvgIpc) is 2.88. The Hall–Kier alpha value is -1.47. The van der Waals surface area contributed by atoms with E-state index in [1.165, 1.54) is 6.07 Å². The second kappa shape index (κ2) is 6.11. The van der Waals surface area contributed by atoms with Crippen molar-refractivity contribution < 1.29 is 17.6 Å². The molecule has 5 nitrogen and oxygen atoms in total. The van der Waals surface area contributed by atoms with Gasteiger partial charge < -0.3 is 11.1 Å². The second-order valence-corrected chi connectivity index (χ2v) is 7.45. The summed E-state index contributed by atoms with van der Waals surface area (Å²) in [5.41, 5.74) is 5.53. The van der Waals surface area contributed by atoms with Crippen molar-refractivity contribution in [3.63, 3.8) is 0 Å². The standard InChI is InChI=1S/C14H19FN2O3S/c1-21(19,20)10-5-6-12(15)13(7-10)17-14(18)11-4-2-3-9(11)8-16/h5-7,9,11H,2-4,8,16H2,1H3,(H,17,18). The lowest BCUT2D eigenvalue weighted by Gasteiger charge is -2.17. The van der Waals surface area contributed by atoms with Crippen molar-refractivity contribution in [3.05, 3.63) is 24.0 Å². The van der Waals surface area contributed by atoms with Crippen LogP contribution in [0.5, 0.6) is 0 Å². The van der Waals surface area contributed by atoms with Gasteiger partial charge in [0.15, 0.2) is 9.84 Å². The highest BCUT2D eigenvalue weighted by molar-refractivity contribution is 7.90. The van der Waals surface area contributed by atoms with Crippen LogP contribution in [0, 0.1) is 17.7 Å². The van der Waals surface area contributed by atoms with E-state index < -0.39 is 15.7 Å². The number of hydrogen-bond acceptors (Lipinski definition) is 4. The van der Waals surface area contributed by atoms with E-state index in [4.69, 9.17) is 5.73 Å². The maximum Gasteiger partial charge on any atom is 0.227 e. The summed E-state index contributed by atoms with van der Waals surface area (Å²) in [5.74, 6) is -1.09. The van der Waals surface area contributed by atoms with Crippen LogP contribution in [0.4, 0.5) is 10.1 Å². The van der Waals surface area contributed by atoms with Crippen LogP contribution in [0.3, 0.4) is 0 Å². The van der Waals surface area contributed by atoms with Crippen molar-refractivity contribution in [2.75, 3.05) is 18.1 Å². The van der Waals surface area contributed by atoms with E-state index in [-0.39, 0.29) is 28.3 Å². The number of amides is 1. The summed E-state index contributed by atoms with van der Waals surface area (Å²) >= 11 is 0. The highest BCUT2D eigenvalue weighted by atomic mass is 32.2. The Balaban J connectivity index is 2.21. The van der Waals surface area contributed by atoms with Crippen LogP contribution in [-0.4, -0.2) is 27.1 Å². The molecule has 116 valence electrons. The maximum atomic E-state index is 13.7. The normalized spacial score (nSPS) is 22.2. The number of halogens is 1. The first kappa shape index (κ1) is 15.9. The van der Waals surface area contributed by atoms with Crippen molar-refractivity contribution in [3.8, 4) is 0 Å². The largest absolute Gasteiger partial charge is 0.330 e. The number of benzene rings is 1. The van der Waals surface area contributed by atoms with Crippen molar-refractivity contribution in [2.24, 2.45) is 17.6 Å². The predicted molar refractivity (Wildman–Crippen MR) is 78.0 cm³/mol. The quantitative estimate of drug-likeness (QED) is 0.825. The van der Waals surface area contributed by atoms with Gasteiger partial charge in [-0.05, 0) is 43.5 Å². The third-order valence-electron chi connectivity index (χ3n) is 3.92. The van der Waals surface area contributed by atoms with Crippen LogP contribution < -0.4 is 11.1 Å². The van der Waals surface area contributed by atoms with Crippen LogP contribution in [0.2, 0.25) is 0 Å².